The van der Waals surface area contributed by atoms with Crippen molar-refractivity contribution in [1.82, 2.24) is 0 Å². The maximum absolute atomic E-state index is 11.7. The van der Waals surface area contributed by atoms with E-state index >= 15 is 0 Å². The molecular weight excluding hydrogens is 338 g/mol. The van der Waals surface area contributed by atoms with Gasteiger partial charge in [0.1, 0.15) is 11.3 Å². The number of ether oxygens (including phenoxy) is 1. The average Bonchev–Trinajstić information content (AvgIpc) is 2.86. The van der Waals surface area contributed by atoms with Crippen molar-refractivity contribution in [2.75, 3.05) is 11.9 Å². The summed E-state index contributed by atoms with van der Waals surface area (Å²) >= 11 is 3.39. The SMILES string of the molecule is Cc1ccc(NC(=O)COC(=O)c2ccoc2C)cc1Br. The molecule has 110 valence electrons. The Balaban J connectivity index is 1.89. The smallest absolute Gasteiger partial charge is 0.342 e. The molecule has 2 rings (SSSR count). The molecule has 0 bridgehead atoms. The first-order valence-electron chi connectivity index (χ1n) is 6.24. The molecule has 0 radical (unpaired) electrons. The number of aryl methyl sites for hydroxylation is 2. The van der Waals surface area contributed by atoms with Crippen LogP contribution < -0.4 is 5.32 Å². The van der Waals surface area contributed by atoms with Crippen molar-refractivity contribution in [2.45, 2.75) is 13.8 Å². The van der Waals surface area contributed by atoms with E-state index in [2.05, 4.69) is 21.2 Å². The lowest BCUT2D eigenvalue weighted by atomic mass is 10.2. The van der Waals surface area contributed by atoms with E-state index < -0.39 is 11.9 Å². The Morgan fingerprint density at radius 2 is 2.05 bits per heavy atom. The fourth-order valence-electron chi connectivity index (χ4n) is 1.67. The van der Waals surface area contributed by atoms with E-state index in [1.807, 2.05) is 13.0 Å². The summed E-state index contributed by atoms with van der Waals surface area (Å²) < 4.78 is 10.8. The summed E-state index contributed by atoms with van der Waals surface area (Å²) in [6.45, 7) is 3.25. The molecule has 0 atom stereocenters. The van der Waals surface area contributed by atoms with Gasteiger partial charge in [0.15, 0.2) is 6.61 Å². The Hall–Kier alpha value is -2.08. The minimum Gasteiger partial charge on any atom is -0.469 e. The third kappa shape index (κ3) is 3.95. The largest absolute Gasteiger partial charge is 0.469 e. The van der Waals surface area contributed by atoms with Crippen LogP contribution in [0.25, 0.3) is 0 Å². The lowest BCUT2D eigenvalue weighted by molar-refractivity contribution is -0.119. The van der Waals surface area contributed by atoms with Gasteiger partial charge in [0, 0.05) is 10.2 Å². The second-order valence-corrected chi connectivity index (χ2v) is 5.33. The Morgan fingerprint density at radius 3 is 2.67 bits per heavy atom. The van der Waals surface area contributed by atoms with E-state index in [1.54, 1.807) is 19.1 Å². The van der Waals surface area contributed by atoms with E-state index in [0.29, 0.717) is 17.0 Å². The van der Waals surface area contributed by atoms with Crippen LogP contribution in [-0.4, -0.2) is 18.5 Å². The van der Waals surface area contributed by atoms with Gasteiger partial charge in [-0.2, -0.15) is 0 Å². The third-order valence-corrected chi connectivity index (χ3v) is 3.72. The minimum absolute atomic E-state index is 0.320. The van der Waals surface area contributed by atoms with Crippen molar-refractivity contribution >= 4 is 33.5 Å². The number of rotatable bonds is 4. The average molecular weight is 352 g/mol. The molecule has 0 unspecified atom stereocenters. The van der Waals surface area contributed by atoms with Crippen LogP contribution in [0.4, 0.5) is 5.69 Å². The maximum Gasteiger partial charge on any atom is 0.342 e. The van der Waals surface area contributed by atoms with Crippen molar-refractivity contribution in [3.05, 3.63) is 51.9 Å². The van der Waals surface area contributed by atoms with Gasteiger partial charge >= 0.3 is 5.97 Å². The Morgan fingerprint density at radius 1 is 1.29 bits per heavy atom. The standard InChI is InChI=1S/C15H14BrNO4/c1-9-3-4-11(7-13(9)16)17-14(18)8-21-15(19)12-5-6-20-10(12)2/h3-7H,8H2,1-2H3,(H,17,18). The number of nitrogens with one attached hydrogen (secondary N) is 1. The summed E-state index contributed by atoms with van der Waals surface area (Å²) in [6.07, 6.45) is 1.40. The molecule has 0 aliphatic carbocycles. The Kier molecular flexibility index (Phi) is 4.80. The Bertz CT molecular complexity index is 678. The number of halogens is 1. The number of carbonyl (C=O) groups is 2. The number of anilines is 1. The summed E-state index contributed by atoms with van der Waals surface area (Å²) in [5.74, 6) is -0.524. The summed E-state index contributed by atoms with van der Waals surface area (Å²) in [7, 11) is 0. The van der Waals surface area contributed by atoms with Crippen LogP contribution in [-0.2, 0) is 9.53 Å². The van der Waals surface area contributed by atoms with Crippen LogP contribution in [0.3, 0.4) is 0 Å². The first-order valence-corrected chi connectivity index (χ1v) is 7.04. The van der Waals surface area contributed by atoms with Gasteiger partial charge in [0.05, 0.1) is 6.26 Å². The fraction of sp³-hybridized carbons (Fsp3) is 0.200. The molecule has 1 aromatic carbocycles. The van der Waals surface area contributed by atoms with Gasteiger partial charge in [0.25, 0.3) is 5.91 Å². The van der Waals surface area contributed by atoms with Gasteiger partial charge in [-0.3, -0.25) is 4.79 Å². The van der Waals surface area contributed by atoms with E-state index in [4.69, 9.17) is 9.15 Å². The van der Waals surface area contributed by atoms with Gasteiger partial charge < -0.3 is 14.5 Å². The minimum atomic E-state index is -0.582. The van der Waals surface area contributed by atoms with E-state index in [9.17, 15) is 9.59 Å². The predicted octanol–water partition coefficient (Wildman–Crippen LogP) is 3.45. The monoisotopic (exact) mass is 351 g/mol. The summed E-state index contributed by atoms with van der Waals surface area (Å²) in [5.41, 5.74) is 2.02. The number of amides is 1. The highest BCUT2D eigenvalue weighted by Crippen LogP contribution is 2.20. The van der Waals surface area contributed by atoms with Crippen molar-refractivity contribution in [1.29, 1.82) is 0 Å². The molecule has 0 saturated carbocycles. The molecule has 2 aromatic rings. The van der Waals surface area contributed by atoms with E-state index in [0.717, 1.165) is 10.0 Å². The van der Waals surface area contributed by atoms with Crippen LogP contribution >= 0.6 is 15.9 Å². The fourth-order valence-corrected chi connectivity index (χ4v) is 2.05. The van der Waals surface area contributed by atoms with Gasteiger partial charge in [-0.05, 0) is 37.6 Å². The van der Waals surface area contributed by atoms with Crippen molar-refractivity contribution in [3.8, 4) is 0 Å². The van der Waals surface area contributed by atoms with E-state index in [1.165, 1.54) is 12.3 Å². The van der Waals surface area contributed by atoms with Crippen LogP contribution in [0.2, 0.25) is 0 Å². The topological polar surface area (TPSA) is 68.5 Å². The first kappa shape index (κ1) is 15.3. The zero-order valence-corrected chi connectivity index (χ0v) is 13.2. The van der Waals surface area contributed by atoms with Crippen LogP contribution in [0.15, 0.2) is 39.4 Å². The quantitative estimate of drug-likeness (QED) is 0.856. The normalized spacial score (nSPS) is 10.2. The highest BCUT2D eigenvalue weighted by atomic mass is 79.9. The summed E-state index contributed by atoms with van der Waals surface area (Å²) in [6, 6.07) is 6.95. The van der Waals surface area contributed by atoms with Crippen LogP contribution in [0.1, 0.15) is 21.7 Å². The molecule has 0 aliphatic heterocycles. The first-order chi connectivity index (χ1) is 9.97. The molecule has 1 heterocycles. The van der Waals surface area contributed by atoms with Crippen molar-refractivity contribution < 1.29 is 18.7 Å². The predicted molar refractivity (Wildman–Crippen MR) is 81.2 cm³/mol. The molecule has 0 spiro atoms. The number of hydrogen-bond acceptors (Lipinski definition) is 4. The van der Waals surface area contributed by atoms with E-state index in [-0.39, 0.29) is 6.61 Å². The van der Waals surface area contributed by atoms with Crippen LogP contribution in [0, 0.1) is 13.8 Å². The number of furan rings is 1. The maximum atomic E-state index is 11.7. The lowest BCUT2D eigenvalue weighted by Crippen LogP contribution is -2.21. The Labute approximate surface area is 130 Å². The molecule has 6 heteroatoms. The summed E-state index contributed by atoms with van der Waals surface area (Å²) in [5, 5.41) is 2.66. The second-order valence-electron chi connectivity index (χ2n) is 4.48. The van der Waals surface area contributed by atoms with Gasteiger partial charge in [-0.15, -0.1) is 0 Å². The summed E-state index contributed by atoms with van der Waals surface area (Å²) in [4.78, 5) is 23.5. The zero-order valence-electron chi connectivity index (χ0n) is 11.6. The lowest BCUT2D eigenvalue weighted by Gasteiger charge is -2.07. The van der Waals surface area contributed by atoms with Crippen molar-refractivity contribution in [3.63, 3.8) is 0 Å². The molecule has 0 saturated heterocycles. The third-order valence-electron chi connectivity index (χ3n) is 2.87. The number of carbonyl (C=O) groups excluding carboxylic acids is 2. The zero-order chi connectivity index (χ0) is 15.4. The van der Waals surface area contributed by atoms with Crippen LogP contribution in [0.5, 0.6) is 0 Å². The highest BCUT2D eigenvalue weighted by Gasteiger charge is 2.14. The molecule has 5 nitrogen and oxygen atoms in total. The van der Waals surface area contributed by atoms with Gasteiger partial charge in [-0.1, -0.05) is 22.0 Å². The number of benzene rings is 1. The molecule has 0 fully saturated rings. The molecular formula is C15H14BrNO4. The molecule has 0 aliphatic rings. The number of hydrogen-bond donors (Lipinski definition) is 1. The van der Waals surface area contributed by atoms with Crippen molar-refractivity contribution in [2.24, 2.45) is 0 Å². The highest BCUT2D eigenvalue weighted by molar-refractivity contribution is 9.10. The van der Waals surface area contributed by atoms with Gasteiger partial charge in [-0.25, -0.2) is 4.79 Å². The van der Waals surface area contributed by atoms with Gasteiger partial charge in [0.2, 0.25) is 0 Å². The molecule has 1 aromatic heterocycles. The number of esters is 1. The molecule has 1 amide bonds. The second kappa shape index (κ2) is 6.58. The molecule has 21 heavy (non-hydrogen) atoms. The molecule has 1 N–H and O–H groups in total.